The molecule has 0 fully saturated rings. The highest BCUT2D eigenvalue weighted by Gasteiger charge is 2.15. The van der Waals surface area contributed by atoms with Gasteiger partial charge >= 0.3 is 5.97 Å². The third-order valence-electron chi connectivity index (χ3n) is 2.10. The maximum absolute atomic E-state index is 13.6. The molecule has 1 aromatic heterocycles. The van der Waals surface area contributed by atoms with Crippen molar-refractivity contribution < 1.29 is 14.3 Å². The molecule has 2 aromatic rings. The van der Waals surface area contributed by atoms with Gasteiger partial charge in [0.25, 0.3) is 0 Å². The highest BCUT2D eigenvalue weighted by atomic mass is 35.5. The number of carbonyl (C=O) groups is 1. The fourth-order valence-corrected chi connectivity index (χ4v) is 1.42. The Balaban J connectivity index is 2.39. The van der Waals surface area contributed by atoms with Crippen molar-refractivity contribution >= 4 is 29.2 Å². The molecule has 0 atom stereocenters. The number of carboxylic acids is 1. The predicted molar refractivity (Wildman–Crippen MR) is 63.7 cm³/mol. The van der Waals surface area contributed by atoms with Crippen molar-refractivity contribution in [1.82, 2.24) is 9.97 Å². The van der Waals surface area contributed by atoms with Crippen LogP contribution in [-0.4, -0.2) is 21.0 Å². The lowest BCUT2D eigenvalue weighted by Crippen LogP contribution is -2.06. The number of benzene rings is 1. The van der Waals surface area contributed by atoms with Crippen LogP contribution in [0.4, 0.5) is 16.0 Å². The first-order valence-electron chi connectivity index (χ1n) is 4.84. The molecule has 0 unspecified atom stereocenters. The van der Waals surface area contributed by atoms with E-state index in [1.54, 1.807) is 0 Å². The van der Waals surface area contributed by atoms with Crippen LogP contribution in [0.25, 0.3) is 0 Å². The molecule has 5 nitrogen and oxygen atoms in total. The summed E-state index contributed by atoms with van der Waals surface area (Å²) in [6.45, 7) is 0. The van der Waals surface area contributed by atoms with Gasteiger partial charge in [0.1, 0.15) is 5.82 Å². The number of hydrogen-bond donors (Lipinski definition) is 2. The average Bonchev–Trinajstić information content (AvgIpc) is 2.34. The number of nitrogens with zero attached hydrogens (tertiary/aromatic N) is 2. The average molecular weight is 268 g/mol. The minimum Gasteiger partial charge on any atom is -0.478 e. The van der Waals surface area contributed by atoms with Gasteiger partial charge in [0.05, 0.1) is 28.7 Å². The number of carboxylic acid groups (broad SMARTS) is 1. The minimum absolute atomic E-state index is 0.0620. The lowest BCUT2D eigenvalue weighted by Gasteiger charge is -2.08. The monoisotopic (exact) mass is 267 g/mol. The summed E-state index contributed by atoms with van der Waals surface area (Å²) < 4.78 is 13.6. The van der Waals surface area contributed by atoms with Crippen LogP contribution in [0.1, 0.15) is 10.4 Å². The summed E-state index contributed by atoms with van der Waals surface area (Å²) >= 11 is 5.61. The highest BCUT2D eigenvalue weighted by Crippen LogP contribution is 2.22. The standard InChI is InChI=1S/C11H7ClFN3O2/c12-6-4-14-11(15-5-6)16-9-7(10(17)18)2-1-3-8(9)13/h1-5H,(H,17,18)(H,14,15,16). The number of para-hydroxylation sites is 1. The van der Waals surface area contributed by atoms with Gasteiger partial charge in [-0.15, -0.1) is 0 Å². The molecule has 92 valence electrons. The second kappa shape index (κ2) is 4.97. The maximum atomic E-state index is 13.6. The molecule has 7 heteroatoms. The molecule has 1 heterocycles. The Kier molecular flexibility index (Phi) is 3.38. The summed E-state index contributed by atoms with van der Waals surface area (Å²) in [5.74, 6) is -1.88. The van der Waals surface area contributed by atoms with Gasteiger partial charge in [-0.3, -0.25) is 0 Å². The number of aromatic nitrogens is 2. The first-order chi connectivity index (χ1) is 8.58. The number of halogens is 2. The molecule has 18 heavy (non-hydrogen) atoms. The maximum Gasteiger partial charge on any atom is 0.337 e. The van der Waals surface area contributed by atoms with E-state index in [-0.39, 0.29) is 17.2 Å². The van der Waals surface area contributed by atoms with Gasteiger partial charge < -0.3 is 10.4 Å². The van der Waals surface area contributed by atoms with Crippen LogP contribution in [-0.2, 0) is 0 Å². The lowest BCUT2D eigenvalue weighted by atomic mass is 10.1. The van der Waals surface area contributed by atoms with E-state index in [4.69, 9.17) is 16.7 Å². The van der Waals surface area contributed by atoms with Crippen LogP contribution < -0.4 is 5.32 Å². The van der Waals surface area contributed by atoms with E-state index < -0.39 is 11.8 Å². The van der Waals surface area contributed by atoms with E-state index in [1.807, 2.05) is 0 Å². The van der Waals surface area contributed by atoms with Gasteiger partial charge in [-0.1, -0.05) is 17.7 Å². The van der Waals surface area contributed by atoms with Gasteiger partial charge in [-0.2, -0.15) is 0 Å². The number of rotatable bonds is 3. The smallest absolute Gasteiger partial charge is 0.337 e. The predicted octanol–water partition coefficient (Wildman–Crippen LogP) is 2.71. The first kappa shape index (κ1) is 12.3. The third-order valence-corrected chi connectivity index (χ3v) is 2.30. The number of hydrogen-bond acceptors (Lipinski definition) is 4. The molecule has 0 radical (unpaired) electrons. The third kappa shape index (κ3) is 2.54. The molecule has 0 aliphatic heterocycles. The van der Waals surface area contributed by atoms with Gasteiger partial charge in [0.15, 0.2) is 0 Å². The molecule has 1 aromatic carbocycles. The largest absolute Gasteiger partial charge is 0.478 e. The van der Waals surface area contributed by atoms with Crippen molar-refractivity contribution in [3.8, 4) is 0 Å². The SMILES string of the molecule is O=C(O)c1cccc(F)c1Nc1ncc(Cl)cn1. The van der Waals surface area contributed by atoms with E-state index in [9.17, 15) is 9.18 Å². The normalized spacial score (nSPS) is 10.1. The second-order valence-corrected chi connectivity index (χ2v) is 3.75. The lowest BCUT2D eigenvalue weighted by molar-refractivity contribution is 0.0697. The van der Waals surface area contributed by atoms with E-state index in [0.717, 1.165) is 6.07 Å². The molecule has 0 aliphatic rings. The Bertz CT molecular complexity index is 589. The fraction of sp³-hybridized carbons (Fsp3) is 0. The first-order valence-corrected chi connectivity index (χ1v) is 5.22. The van der Waals surface area contributed by atoms with Gasteiger partial charge in [-0.25, -0.2) is 19.2 Å². The highest BCUT2D eigenvalue weighted by molar-refractivity contribution is 6.30. The molecule has 0 amide bonds. The second-order valence-electron chi connectivity index (χ2n) is 3.32. The zero-order valence-electron chi connectivity index (χ0n) is 8.89. The van der Waals surface area contributed by atoms with Gasteiger partial charge in [0, 0.05) is 0 Å². The van der Waals surface area contributed by atoms with Crippen molar-refractivity contribution in [3.05, 3.63) is 47.0 Å². The topological polar surface area (TPSA) is 75.1 Å². The van der Waals surface area contributed by atoms with Gasteiger partial charge in [-0.05, 0) is 12.1 Å². The Labute approximate surface area is 106 Å². The van der Waals surface area contributed by atoms with Crippen molar-refractivity contribution in [3.63, 3.8) is 0 Å². The van der Waals surface area contributed by atoms with Crippen LogP contribution in [0.5, 0.6) is 0 Å². The van der Waals surface area contributed by atoms with Crippen LogP contribution in [0.2, 0.25) is 5.02 Å². The summed E-state index contributed by atoms with van der Waals surface area (Å²) in [6, 6.07) is 3.74. The van der Waals surface area contributed by atoms with E-state index in [0.29, 0.717) is 5.02 Å². The van der Waals surface area contributed by atoms with Crippen molar-refractivity contribution in [2.24, 2.45) is 0 Å². The number of anilines is 2. The van der Waals surface area contributed by atoms with Gasteiger partial charge in [0.2, 0.25) is 5.95 Å². The van der Waals surface area contributed by atoms with E-state index in [2.05, 4.69) is 15.3 Å². The molecule has 0 saturated carbocycles. The van der Waals surface area contributed by atoms with E-state index in [1.165, 1.54) is 24.5 Å². The van der Waals surface area contributed by atoms with Crippen molar-refractivity contribution in [1.29, 1.82) is 0 Å². The molecule has 0 spiro atoms. The summed E-state index contributed by atoms with van der Waals surface area (Å²) in [7, 11) is 0. The molecular formula is C11H7ClFN3O2. The Morgan fingerprint density at radius 3 is 2.61 bits per heavy atom. The zero-order valence-corrected chi connectivity index (χ0v) is 9.65. The van der Waals surface area contributed by atoms with Crippen LogP contribution >= 0.6 is 11.6 Å². The molecular weight excluding hydrogens is 261 g/mol. The number of aromatic carboxylic acids is 1. The molecule has 0 aliphatic carbocycles. The zero-order chi connectivity index (χ0) is 13.1. The van der Waals surface area contributed by atoms with Crippen molar-refractivity contribution in [2.75, 3.05) is 5.32 Å². The molecule has 0 saturated heterocycles. The van der Waals surface area contributed by atoms with E-state index >= 15 is 0 Å². The molecule has 2 rings (SSSR count). The molecule has 2 N–H and O–H groups in total. The quantitative estimate of drug-likeness (QED) is 0.894. The Hall–Kier alpha value is -2.21. The number of nitrogens with one attached hydrogen (secondary N) is 1. The Morgan fingerprint density at radius 1 is 1.33 bits per heavy atom. The molecule has 0 bridgehead atoms. The minimum atomic E-state index is -1.24. The Morgan fingerprint density at radius 2 is 2.00 bits per heavy atom. The summed E-state index contributed by atoms with van der Waals surface area (Å²) in [5.41, 5.74) is -0.388. The summed E-state index contributed by atoms with van der Waals surface area (Å²) in [4.78, 5) is 18.6. The van der Waals surface area contributed by atoms with Crippen LogP contribution in [0, 0.1) is 5.82 Å². The van der Waals surface area contributed by atoms with Crippen LogP contribution in [0.15, 0.2) is 30.6 Å². The summed E-state index contributed by atoms with van der Waals surface area (Å²) in [6.07, 6.45) is 2.64. The van der Waals surface area contributed by atoms with Crippen LogP contribution in [0.3, 0.4) is 0 Å². The summed E-state index contributed by atoms with van der Waals surface area (Å²) in [5, 5.41) is 11.8. The van der Waals surface area contributed by atoms with Crippen molar-refractivity contribution in [2.45, 2.75) is 0 Å². The fourth-order valence-electron chi connectivity index (χ4n) is 1.32.